The number of nitrogens with one attached hydrogen (secondary N) is 1. The minimum Gasteiger partial charge on any atom is -0.478 e. The highest BCUT2D eigenvalue weighted by Gasteiger charge is 2.16. The van der Waals surface area contributed by atoms with Crippen molar-refractivity contribution < 1.29 is 14.8 Å². The number of hydrogen-bond acceptors (Lipinski definition) is 5. The average Bonchev–Trinajstić information content (AvgIpc) is 2.81. The monoisotopic (exact) mass is 276 g/mol. The van der Waals surface area contributed by atoms with Gasteiger partial charge in [-0.1, -0.05) is 0 Å². The van der Waals surface area contributed by atoms with E-state index < -0.39 is 10.9 Å². The largest absolute Gasteiger partial charge is 0.478 e. The molecule has 8 heteroatoms. The number of aromatic carboxylic acids is 1. The number of carboxylic acids is 1. The SMILES string of the molecule is Cn1ccnc1CNc1ccc([N+](=O)[O-])cc1C(=O)O. The van der Waals surface area contributed by atoms with E-state index in [2.05, 4.69) is 10.3 Å². The van der Waals surface area contributed by atoms with Crippen LogP contribution in [0.25, 0.3) is 0 Å². The summed E-state index contributed by atoms with van der Waals surface area (Å²) in [7, 11) is 1.82. The maximum absolute atomic E-state index is 11.1. The summed E-state index contributed by atoms with van der Waals surface area (Å²) < 4.78 is 1.79. The zero-order valence-corrected chi connectivity index (χ0v) is 10.6. The molecule has 1 aromatic carbocycles. The zero-order chi connectivity index (χ0) is 14.7. The highest BCUT2D eigenvalue weighted by atomic mass is 16.6. The lowest BCUT2D eigenvalue weighted by Gasteiger charge is -2.09. The minimum absolute atomic E-state index is 0.145. The molecule has 0 unspecified atom stereocenters. The number of rotatable bonds is 5. The van der Waals surface area contributed by atoms with E-state index in [9.17, 15) is 14.9 Å². The number of nitro benzene ring substituents is 1. The molecule has 104 valence electrons. The number of carboxylic acid groups (broad SMARTS) is 1. The summed E-state index contributed by atoms with van der Waals surface area (Å²) in [5.41, 5.74) is -0.0931. The number of aryl methyl sites for hydroxylation is 1. The second-order valence-electron chi connectivity index (χ2n) is 4.10. The molecular weight excluding hydrogens is 264 g/mol. The summed E-state index contributed by atoms with van der Waals surface area (Å²) in [5.74, 6) is -0.504. The molecule has 0 fully saturated rings. The van der Waals surface area contributed by atoms with Gasteiger partial charge in [0.05, 0.1) is 17.0 Å². The van der Waals surface area contributed by atoms with Gasteiger partial charge in [-0.3, -0.25) is 10.1 Å². The summed E-state index contributed by atoms with van der Waals surface area (Å²) in [6.07, 6.45) is 3.40. The molecule has 1 heterocycles. The summed E-state index contributed by atoms with van der Waals surface area (Å²) in [5, 5.41) is 22.7. The normalized spacial score (nSPS) is 10.2. The Hall–Kier alpha value is -2.90. The Balaban J connectivity index is 2.25. The standard InChI is InChI=1S/C12H12N4O4/c1-15-5-4-13-11(15)7-14-10-3-2-8(16(19)20)6-9(10)12(17)18/h2-6,14H,7H2,1H3,(H,17,18). The molecule has 20 heavy (non-hydrogen) atoms. The molecular formula is C12H12N4O4. The van der Waals surface area contributed by atoms with Gasteiger partial charge >= 0.3 is 5.97 Å². The smallest absolute Gasteiger partial charge is 0.338 e. The molecule has 0 aliphatic heterocycles. The number of non-ortho nitro benzene ring substituents is 1. The number of hydrogen-bond donors (Lipinski definition) is 2. The van der Waals surface area contributed by atoms with Gasteiger partial charge in [-0.25, -0.2) is 9.78 Å². The summed E-state index contributed by atoms with van der Waals surface area (Å²) >= 11 is 0. The lowest BCUT2D eigenvalue weighted by atomic mass is 10.1. The number of carbonyl (C=O) groups is 1. The van der Waals surface area contributed by atoms with Crippen LogP contribution in [0, 0.1) is 10.1 Å². The molecule has 0 aliphatic carbocycles. The Bertz CT molecular complexity index is 665. The van der Waals surface area contributed by atoms with Crippen molar-refractivity contribution in [3.63, 3.8) is 0 Å². The van der Waals surface area contributed by atoms with Crippen LogP contribution in [0.3, 0.4) is 0 Å². The van der Waals surface area contributed by atoms with Gasteiger partial charge in [0.2, 0.25) is 0 Å². The topological polar surface area (TPSA) is 110 Å². The first kappa shape index (κ1) is 13.5. The van der Waals surface area contributed by atoms with Crippen LogP contribution in [-0.4, -0.2) is 25.6 Å². The molecule has 0 radical (unpaired) electrons. The van der Waals surface area contributed by atoms with E-state index in [1.54, 1.807) is 17.0 Å². The Labute approximate surface area is 113 Å². The highest BCUT2D eigenvalue weighted by Crippen LogP contribution is 2.22. The molecule has 0 aliphatic rings. The van der Waals surface area contributed by atoms with E-state index in [-0.39, 0.29) is 11.3 Å². The predicted molar refractivity (Wildman–Crippen MR) is 70.6 cm³/mol. The fourth-order valence-electron chi connectivity index (χ4n) is 1.72. The van der Waals surface area contributed by atoms with Crippen LogP contribution in [0.15, 0.2) is 30.6 Å². The number of benzene rings is 1. The van der Waals surface area contributed by atoms with Crippen LogP contribution in [0.4, 0.5) is 11.4 Å². The molecule has 1 aromatic heterocycles. The number of anilines is 1. The van der Waals surface area contributed by atoms with Crippen molar-refractivity contribution in [3.8, 4) is 0 Å². The Morgan fingerprint density at radius 3 is 2.85 bits per heavy atom. The lowest BCUT2D eigenvalue weighted by Crippen LogP contribution is -2.09. The van der Waals surface area contributed by atoms with Crippen LogP contribution in [-0.2, 0) is 13.6 Å². The van der Waals surface area contributed by atoms with Crippen molar-refractivity contribution in [3.05, 3.63) is 52.1 Å². The summed E-state index contributed by atoms with van der Waals surface area (Å²) in [6, 6.07) is 3.67. The average molecular weight is 276 g/mol. The molecule has 2 rings (SSSR count). The van der Waals surface area contributed by atoms with E-state index >= 15 is 0 Å². The first-order valence-electron chi connectivity index (χ1n) is 5.71. The van der Waals surface area contributed by atoms with Gasteiger partial charge in [-0.2, -0.15) is 0 Å². The quantitative estimate of drug-likeness (QED) is 0.634. The predicted octanol–water partition coefficient (Wildman–Crippen LogP) is 1.64. The number of imidazole rings is 1. The fourth-order valence-corrected chi connectivity index (χ4v) is 1.72. The maximum Gasteiger partial charge on any atom is 0.338 e. The van der Waals surface area contributed by atoms with Gasteiger partial charge in [-0.15, -0.1) is 0 Å². The molecule has 0 saturated carbocycles. The number of aromatic nitrogens is 2. The first-order chi connectivity index (χ1) is 9.49. The molecule has 0 amide bonds. The van der Waals surface area contributed by atoms with Crippen molar-refractivity contribution in [1.29, 1.82) is 0 Å². The van der Waals surface area contributed by atoms with Gasteiger partial charge in [0.25, 0.3) is 5.69 Å². The van der Waals surface area contributed by atoms with Gasteiger partial charge < -0.3 is 15.0 Å². The van der Waals surface area contributed by atoms with Crippen molar-refractivity contribution in [1.82, 2.24) is 9.55 Å². The zero-order valence-electron chi connectivity index (χ0n) is 10.6. The number of nitro groups is 1. The van der Waals surface area contributed by atoms with Crippen molar-refractivity contribution >= 4 is 17.3 Å². The van der Waals surface area contributed by atoms with Crippen molar-refractivity contribution in [2.75, 3.05) is 5.32 Å². The second-order valence-corrected chi connectivity index (χ2v) is 4.10. The Kier molecular flexibility index (Phi) is 3.65. The molecule has 0 bridgehead atoms. The van der Waals surface area contributed by atoms with Crippen LogP contribution >= 0.6 is 0 Å². The first-order valence-corrected chi connectivity index (χ1v) is 5.71. The fraction of sp³-hybridized carbons (Fsp3) is 0.167. The van der Waals surface area contributed by atoms with E-state index in [0.29, 0.717) is 12.2 Å². The van der Waals surface area contributed by atoms with Gasteiger partial charge in [-0.05, 0) is 6.07 Å². The van der Waals surface area contributed by atoms with Gasteiger partial charge in [0.1, 0.15) is 5.82 Å². The summed E-state index contributed by atoms with van der Waals surface area (Å²) in [6.45, 7) is 0.321. The molecule has 0 saturated heterocycles. The third-order valence-corrected chi connectivity index (χ3v) is 2.80. The van der Waals surface area contributed by atoms with E-state index in [4.69, 9.17) is 5.11 Å². The van der Waals surface area contributed by atoms with E-state index in [0.717, 1.165) is 11.9 Å². The molecule has 0 spiro atoms. The summed E-state index contributed by atoms with van der Waals surface area (Å²) in [4.78, 5) is 25.3. The van der Waals surface area contributed by atoms with Crippen molar-refractivity contribution in [2.24, 2.45) is 7.05 Å². The van der Waals surface area contributed by atoms with Crippen LogP contribution in [0.2, 0.25) is 0 Å². The maximum atomic E-state index is 11.1. The van der Waals surface area contributed by atoms with Crippen LogP contribution in [0.5, 0.6) is 0 Å². The second kappa shape index (κ2) is 5.39. The number of nitrogens with zero attached hydrogens (tertiary/aromatic N) is 3. The molecule has 0 atom stereocenters. The highest BCUT2D eigenvalue weighted by molar-refractivity contribution is 5.95. The Morgan fingerprint density at radius 1 is 1.55 bits per heavy atom. The third-order valence-electron chi connectivity index (χ3n) is 2.80. The third kappa shape index (κ3) is 2.74. The molecule has 2 aromatic rings. The van der Waals surface area contributed by atoms with Crippen LogP contribution in [0.1, 0.15) is 16.2 Å². The van der Waals surface area contributed by atoms with Crippen molar-refractivity contribution in [2.45, 2.75) is 6.54 Å². The lowest BCUT2D eigenvalue weighted by molar-refractivity contribution is -0.384. The van der Waals surface area contributed by atoms with E-state index in [1.807, 2.05) is 7.05 Å². The van der Waals surface area contributed by atoms with Gasteiger partial charge in [0, 0.05) is 37.3 Å². The van der Waals surface area contributed by atoms with Gasteiger partial charge in [0.15, 0.2) is 0 Å². The van der Waals surface area contributed by atoms with Crippen LogP contribution < -0.4 is 5.32 Å². The molecule has 2 N–H and O–H groups in total. The Morgan fingerprint density at radius 2 is 2.30 bits per heavy atom. The molecule has 8 nitrogen and oxygen atoms in total. The van der Waals surface area contributed by atoms with E-state index in [1.165, 1.54) is 12.1 Å². The minimum atomic E-state index is -1.23.